The van der Waals surface area contributed by atoms with Crippen molar-refractivity contribution in [1.29, 1.82) is 0 Å². The molecular weight excluding hydrogens is 268 g/mol. The highest BCUT2D eigenvalue weighted by atomic mass is 16.5. The van der Waals surface area contributed by atoms with Crippen LogP contribution in [0.15, 0.2) is 0 Å². The van der Waals surface area contributed by atoms with Crippen LogP contribution in [0.2, 0.25) is 0 Å². The molecule has 3 rings (SSSR count). The molecule has 3 aliphatic rings. The minimum absolute atomic E-state index is 0.0508. The molecule has 2 saturated carbocycles. The van der Waals surface area contributed by atoms with Crippen molar-refractivity contribution in [2.75, 3.05) is 33.4 Å². The lowest BCUT2D eigenvalue weighted by Gasteiger charge is -2.38. The molecule has 1 aliphatic heterocycles. The van der Waals surface area contributed by atoms with Crippen molar-refractivity contribution < 1.29 is 14.3 Å². The first-order chi connectivity index (χ1) is 10.2. The van der Waals surface area contributed by atoms with Crippen LogP contribution < -0.4 is 5.32 Å². The fourth-order valence-corrected chi connectivity index (χ4v) is 3.40. The predicted octanol–water partition coefficient (Wildman–Crippen LogP) is 1.17. The highest BCUT2D eigenvalue weighted by Gasteiger charge is 2.54. The van der Waals surface area contributed by atoms with Crippen molar-refractivity contribution in [3.63, 3.8) is 0 Å². The minimum Gasteiger partial charge on any atom is -0.465 e. The van der Waals surface area contributed by atoms with Gasteiger partial charge < -0.3 is 9.47 Å². The van der Waals surface area contributed by atoms with E-state index in [1.54, 1.807) is 0 Å². The van der Waals surface area contributed by atoms with Crippen molar-refractivity contribution in [2.24, 2.45) is 5.92 Å². The second kappa shape index (κ2) is 6.23. The first-order valence-electron chi connectivity index (χ1n) is 8.38. The number of hydrogen-bond acceptors (Lipinski definition) is 5. The molecule has 1 saturated heterocycles. The maximum Gasteiger partial charge on any atom is 0.327 e. The van der Waals surface area contributed by atoms with Gasteiger partial charge in [0.05, 0.1) is 13.2 Å². The summed E-state index contributed by atoms with van der Waals surface area (Å²) in [6.45, 7) is 4.70. The van der Waals surface area contributed by atoms with E-state index in [0.717, 1.165) is 39.0 Å². The molecule has 0 amide bonds. The van der Waals surface area contributed by atoms with Crippen molar-refractivity contribution >= 4 is 5.97 Å². The molecule has 1 heterocycles. The monoisotopic (exact) mass is 296 g/mol. The number of carbonyl (C=O) groups excluding carboxylic acids is 1. The molecule has 0 radical (unpaired) electrons. The molecule has 5 heteroatoms. The van der Waals surface area contributed by atoms with Gasteiger partial charge in [0.2, 0.25) is 0 Å². The fraction of sp³-hybridized carbons (Fsp3) is 0.938. The summed E-state index contributed by atoms with van der Waals surface area (Å²) in [5.41, 5.74) is -0.505. The molecule has 3 fully saturated rings. The number of nitrogens with zero attached hydrogens (tertiary/aromatic N) is 1. The van der Waals surface area contributed by atoms with Crippen LogP contribution in [0.4, 0.5) is 0 Å². The highest BCUT2D eigenvalue weighted by molar-refractivity contribution is 5.82. The van der Waals surface area contributed by atoms with Gasteiger partial charge >= 0.3 is 5.97 Å². The maximum atomic E-state index is 12.7. The Bertz CT molecular complexity index is 376. The van der Waals surface area contributed by atoms with Gasteiger partial charge in [0.15, 0.2) is 0 Å². The molecule has 2 aliphatic carbocycles. The quantitative estimate of drug-likeness (QED) is 0.682. The van der Waals surface area contributed by atoms with E-state index in [-0.39, 0.29) is 5.97 Å². The van der Waals surface area contributed by atoms with E-state index in [1.165, 1.54) is 12.8 Å². The molecule has 2 unspecified atom stereocenters. The highest BCUT2D eigenvalue weighted by Crippen LogP contribution is 2.43. The number of ether oxygens (including phenoxy) is 2. The van der Waals surface area contributed by atoms with Gasteiger partial charge in [0.1, 0.15) is 5.54 Å². The second-order valence-electron chi connectivity index (χ2n) is 6.82. The standard InChI is InChI=1S/C16H28N2O3/c1-3-21-15(19)16(12-4-5-12,17-13-6-7-13)11-18(2)14-8-9-20-10-14/h12-14,17H,3-11H2,1-2H3. The molecule has 0 aromatic carbocycles. The first kappa shape index (κ1) is 15.3. The van der Waals surface area contributed by atoms with Gasteiger partial charge in [-0.05, 0) is 52.0 Å². The van der Waals surface area contributed by atoms with Gasteiger partial charge in [-0.3, -0.25) is 10.2 Å². The summed E-state index contributed by atoms with van der Waals surface area (Å²) in [4.78, 5) is 15.0. The van der Waals surface area contributed by atoms with Gasteiger partial charge in [-0.2, -0.15) is 0 Å². The van der Waals surface area contributed by atoms with E-state index in [1.807, 2.05) is 6.92 Å². The van der Waals surface area contributed by atoms with Gasteiger partial charge in [-0.15, -0.1) is 0 Å². The SMILES string of the molecule is CCOC(=O)C(CN(C)C1CCOC1)(NC1CC1)C1CC1. The van der Waals surface area contributed by atoms with E-state index in [9.17, 15) is 4.79 Å². The summed E-state index contributed by atoms with van der Waals surface area (Å²) in [5, 5.41) is 3.65. The third-order valence-electron chi connectivity index (χ3n) is 4.98. The van der Waals surface area contributed by atoms with Crippen LogP contribution in [0, 0.1) is 5.92 Å². The second-order valence-corrected chi connectivity index (χ2v) is 6.82. The van der Waals surface area contributed by atoms with Crippen LogP contribution in [-0.4, -0.2) is 61.9 Å². The molecular formula is C16H28N2O3. The van der Waals surface area contributed by atoms with Crippen LogP contribution in [0.1, 0.15) is 39.0 Å². The minimum atomic E-state index is -0.505. The lowest BCUT2D eigenvalue weighted by Crippen LogP contribution is -2.62. The summed E-state index contributed by atoms with van der Waals surface area (Å²) >= 11 is 0. The largest absolute Gasteiger partial charge is 0.465 e. The zero-order valence-electron chi connectivity index (χ0n) is 13.3. The van der Waals surface area contributed by atoms with Gasteiger partial charge in [0, 0.05) is 25.2 Å². The van der Waals surface area contributed by atoms with E-state index in [2.05, 4.69) is 17.3 Å². The summed E-state index contributed by atoms with van der Waals surface area (Å²) in [6.07, 6.45) is 5.69. The zero-order valence-corrected chi connectivity index (χ0v) is 13.3. The van der Waals surface area contributed by atoms with Crippen LogP contribution in [0.3, 0.4) is 0 Å². The summed E-state index contributed by atoms with van der Waals surface area (Å²) in [5.74, 6) is 0.382. The lowest BCUT2D eigenvalue weighted by molar-refractivity contribution is -0.153. The van der Waals surface area contributed by atoms with E-state index >= 15 is 0 Å². The van der Waals surface area contributed by atoms with Crippen molar-refractivity contribution in [1.82, 2.24) is 10.2 Å². The third kappa shape index (κ3) is 3.41. The van der Waals surface area contributed by atoms with Crippen LogP contribution in [0.25, 0.3) is 0 Å². The Morgan fingerprint density at radius 1 is 1.33 bits per heavy atom. The Morgan fingerprint density at radius 2 is 2.10 bits per heavy atom. The molecule has 0 spiro atoms. The smallest absolute Gasteiger partial charge is 0.327 e. The topological polar surface area (TPSA) is 50.8 Å². The third-order valence-corrected chi connectivity index (χ3v) is 4.98. The van der Waals surface area contributed by atoms with Crippen molar-refractivity contribution in [3.05, 3.63) is 0 Å². The fourth-order valence-electron chi connectivity index (χ4n) is 3.40. The van der Waals surface area contributed by atoms with Crippen LogP contribution in [-0.2, 0) is 14.3 Å². The molecule has 0 aromatic heterocycles. The lowest BCUT2D eigenvalue weighted by atomic mass is 9.91. The van der Waals surface area contributed by atoms with Crippen LogP contribution >= 0.6 is 0 Å². The van der Waals surface area contributed by atoms with E-state index in [0.29, 0.717) is 24.6 Å². The molecule has 120 valence electrons. The average molecular weight is 296 g/mol. The molecule has 0 aromatic rings. The number of nitrogens with one attached hydrogen (secondary N) is 1. The number of rotatable bonds is 8. The zero-order chi connectivity index (χ0) is 14.9. The summed E-state index contributed by atoms with van der Waals surface area (Å²) < 4.78 is 10.9. The molecule has 21 heavy (non-hydrogen) atoms. The number of esters is 1. The summed E-state index contributed by atoms with van der Waals surface area (Å²) in [7, 11) is 2.12. The number of likely N-dealkylation sites (N-methyl/N-ethyl adjacent to an activating group) is 1. The van der Waals surface area contributed by atoms with Gasteiger partial charge in [-0.1, -0.05) is 0 Å². The number of hydrogen-bond donors (Lipinski definition) is 1. The predicted molar refractivity (Wildman–Crippen MR) is 80.1 cm³/mol. The Hall–Kier alpha value is -0.650. The molecule has 1 N–H and O–H groups in total. The van der Waals surface area contributed by atoms with Gasteiger partial charge in [0.25, 0.3) is 0 Å². The number of carbonyl (C=O) groups is 1. The van der Waals surface area contributed by atoms with Gasteiger partial charge in [-0.25, -0.2) is 4.79 Å². The van der Waals surface area contributed by atoms with Crippen molar-refractivity contribution in [3.8, 4) is 0 Å². The first-order valence-corrected chi connectivity index (χ1v) is 8.38. The Balaban J connectivity index is 1.73. The Kier molecular flexibility index (Phi) is 4.52. The van der Waals surface area contributed by atoms with E-state index in [4.69, 9.17) is 9.47 Å². The molecule has 5 nitrogen and oxygen atoms in total. The summed E-state index contributed by atoms with van der Waals surface area (Å²) in [6, 6.07) is 0.932. The normalized spacial score (nSPS) is 28.6. The van der Waals surface area contributed by atoms with Crippen molar-refractivity contribution in [2.45, 2.75) is 56.7 Å². The molecule has 0 bridgehead atoms. The Morgan fingerprint density at radius 3 is 2.62 bits per heavy atom. The maximum absolute atomic E-state index is 12.7. The van der Waals surface area contributed by atoms with Crippen LogP contribution in [0.5, 0.6) is 0 Å². The average Bonchev–Trinajstić information content (AvgIpc) is 3.38. The van der Waals surface area contributed by atoms with E-state index < -0.39 is 5.54 Å². The molecule has 2 atom stereocenters. The Labute approximate surface area is 127 Å².